The minimum atomic E-state index is 0.605. The topological polar surface area (TPSA) is 29.3 Å². The number of halogens is 1. The summed E-state index contributed by atoms with van der Waals surface area (Å²) in [5.74, 6) is 0. The Morgan fingerprint density at radius 3 is 2.30 bits per heavy atom. The Labute approximate surface area is 129 Å². The standard InChI is InChI=1S/C17H21BrN2/c1-13-3-8-17(18)9-16(13)12-20(2)11-15-6-4-14(10-19)5-7-15/h3-9H,10-12,19H2,1-2H3. The van der Waals surface area contributed by atoms with E-state index in [2.05, 4.69) is 77.3 Å². The van der Waals surface area contributed by atoms with Crippen LogP contribution in [0, 0.1) is 6.92 Å². The van der Waals surface area contributed by atoms with E-state index >= 15 is 0 Å². The van der Waals surface area contributed by atoms with Crippen molar-refractivity contribution in [2.75, 3.05) is 7.05 Å². The third kappa shape index (κ3) is 4.17. The van der Waals surface area contributed by atoms with Crippen LogP contribution < -0.4 is 5.73 Å². The van der Waals surface area contributed by atoms with Crippen molar-refractivity contribution in [1.29, 1.82) is 0 Å². The Balaban J connectivity index is 2.00. The second-order valence-corrected chi connectivity index (χ2v) is 6.18. The van der Waals surface area contributed by atoms with Gasteiger partial charge in [-0.05, 0) is 48.4 Å². The molecule has 0 heterocycles. The molecule has 0 aromatic heterocycles. The lowest BCUT2D eigenvalue weighted by molar-refractivity contribution is 0.318. The monoisotopic (exact) mass is 332 g/mol. The Morgan fingerprint density at radius 1 is 1.00 bits per heavy atom. The van der Waals surface area contributed by atoms with Gasteiger partial charge in [-0.3, -0.25) is 4.90 Å². The largest absolute Gasteiger partial charge is 0.326 e. The van der Waals surface area contributed by atoms with Gasteiger partial charge in [-0.25, -0.2) is 0 Å². The molecule has 0 saturated carbocycles. The van der Waals surface area contributed by atoms with Crippen LogP contribution in [0.2, 0.25) is 0 Å². The number of hydrogen-bond acceptors (Lipinski definition) is 2. The van der Waals surface area contributed by atoms with Gasteiger partial charge >= 0.3 is 0 Å². The van der Waals surface area contributed by atoms with Gasteiger partial charge in [0.05, 0.1) is 0 Å². The molecule has 0 fully saturated rings. The highest BCUT2D eigenvalue weighted by atomic mass is 79.9. The van der Waals surface area contributed by atoms with Crippen molar-refractivity contribution in [1.82, 2.24) is 4.90 Å². The number of aryl methyl sites for hydroxylation is 1. The van der Waals surface area contributed by atoms with Gasteiger partial charge in [-0.2, -0.15) is 0 Å². The summed E-state index contributed by atoms with van der Waals surface area (Å²) in [6.45, 7) is 4.65. The van der Waals surface area contributed by atoms with Crippen LogP contribution in [0.4, 0.5) is 0 Å². The van der Waals surface area contributed by atoms with Crippen LogP contribution in [0.25, 0.3) is 0 Å². The lowest BCUT2D eigenvalue weighted by Crippen LogP contribution is -2.17. The van der Waals surface area contributed by atoms with Crippen molar-refractivity contribution in [2.45, 2.75) is 26.6 Å². The van der Waals surface area contributed by atoms with Gasteiger partial charge < -0.3 is 5.73 Å². The smallest absolute Gasteiger partial charge is 0.0237 e. The number of nitrogens with zero attached hydrogens (tertiary/aromatic N) is 1. The molecule has 0 spiro atoms. The molecule has 0 aliphatic carbocycles. The third-order valence-electron chi connectivity index (χ3n) is 3.46. The molecule has 0 aliphatic rings. The van der Waals surface area contributed by atoms with Gasteiger partial charge in [0.1, 0.15) is 0 Å². The second kappa shape index (κ2) is 7.02. The summed E-state index contributed by atoms with van der Waals surface area (Å²) in [5, 5.41) is 0. The summed E-state index contributed by atoms with van der Waals surface area (Å²) in [5.41, 5.74) is 10.8. The highest BCUT2D eigenvalue weighted by molar-refractivity contribution is 9.10. The molecule has 2 aromatic rings. The summed E-state index contributed by atoms with van der Waals surface area (Å²) in [6.07, 6.45) is 0. The summed E-state index contributed by atoms with van der Waals surface area (Å²) in [7, 11) is 2.15. The Morgan fingerprint density at radius 2 is 1.65 bits per heavy atom. The van der Waals surface area contributed by atoms with Crippen molar-refractivity contribution < 1.29 is 0 Å². The molecular formula is C17H21BrN2. The van der Waals surface area contributed by atoms with Gasteiger partial charge in [-0.1, -0.05) is 46.3 Å². The van der Waals surface area contributed by atoms with Crippen molar-refractivity contribution in [2.24, 2.45) is 5.73 Å². The zero-order valence-electron chi connectivity index (χ0n) is 12.1. The molecule has 106 valence electrons. The van der Waals surface area contributed by atoms with Crippen LogP contribution in [0.5, 0.6) is 0 Å². The van der Waals surface area contributed by atoms with Crippen molar-refractivity contribution in [3.05, 3.63) is 69.2 Å². The highest BCUT2D eigenvalue weighted by Gasteiger charge is 2.05. The first kappa shape index (κ1) is 15.2. The molecule has 0 saturated heterocycles. The van der Waals surface area contributed by atoms with Crippen molar-refractivity contribution in [3.63, 3.8) is 0 Å². The summed E-state index contributed by atoms with van der Waals surface area (Å²) < 4.78 is 1.14. The van der Waals surface area contributed by atoms with Gasteiger partial charge in [0.15, 0.2) is 0 Å². The van der Waals surface area contributed by atoms with E-state index in [1.165, 1.54) is 22.3 Å². The predicted molar refractivity (Wildman–Crippen MR) is 88.4 cm³/mol. The molecule has 0 amide bonds. The molecular weight excluding hydrogens is 312 g/mol. The van der Waals surface area contributed by atoms with Gasteiger partial charge in [0, 0.05) is 24.1 Å². The maximum atomic E-state index is 5.62. The Kier molecular flexibility index (Phi) is 5.35. The maximum Gasteiger partial charge on any atom is 0.0237 e. The lowest BCUT2D eigenvalue weighted by atomic mass is 10.1. The minimum absolute atomic E-state index is 0.605. The third-order valence-corrected chi connectivity index (χ3v) is 3.96. The zero-order valence-corrected chi connectivity index (χ0v) is 13.7. The quantitative estimate of drug-likeness (QED) is 0.901. The Bertz CT molecular complexity index is 564. The van der Waals surface area contributed by atoms with Crippen molar-refractivity contribution in [3.8, 4) is 0 Å². The molecule has 0 atom stereocenters. The molecule has 20 heavy (non-hydrogen) atoms. The first-order valence-electron chi connectivity index (χ1n) is 6.80. The number of benzene rings is 2. The lowest BCUT2D eigenvalue weighted by Gasteiger charge is -2.18. The van der Waals surface area contributed by atoms with E-state index in [-0.39, 0.29) is 0 Å². The second-order valence-electron chi connectivity index (χ2n) is 5.26. The molecule has 0 aliphatic heterocycles. The fraction of sp³-hybridized carbons (Fsp3) is 0.294. The molecule has 3 heteroatoms. The molecule has 0 unspecified atom stereocenters. The number of rotatable bonds is 5. The summed E-state index contributed by atoms with van der Waals surface area (Å²) >= 11 is 3.54. The maximum absolute atomic E-state index is 5.62. The van der Waals surface area contributed by atoms with E-state index in [1.54, 1.807) is 0 Å². The number of hydrogen-bond donors (Lipinski definition) is 1. The van der Waals surface area contributed by atoms with Crippen LogP contribution in [0.15, 0.2) is 46.9 Å². The van der Waals surface area contributed by atoms with Crippen LogP contribution in [-0.2, 0) is 19.6 Å². The minimum Gasteiger partial charge on any atom is -0.326 e. The van der Waals surface area contributed by atoms with E-state index < -0.39 is 0 Å². The van der Waals surface area contributed by atoms with E-state index in [4.69, 9.17) is 5.73 Å². The molecule has 2 aromatic carbocycles. The summed E-state index contributed by atoms with van der Waals surface area (Å²) in [4.78, 5) is 2.33. The molecule has 2 N–H and O–H groups in total. The molecule has 2 nitrogen and oxygen atoms in total. The fourth-order valence-electron chi connectivity index (χ4n) is 2.25. The summed E-state index contributed by atoms with van der Waals surface area (Å²) in [6, 6.07) is 15.0. The highest BCUT2D eigenvalue weighted by Crippen LogP contribution is 2.18. The zero-order chi connectivity index (χ0) is 14.5. The predicted octanol–water partition coefficient (Wildman–Crippen LogP) is 3.85. The van der Waals surface area contributed by atoms with E-state index in [9.17, 15) is 0 Å². The molecule has 0 bridgehead atoms. The normalized spacial score (nSPS) is 11.1. The van der Waals surface area contributed by atoms with E-state index in [0.29, 0.717) is 6.54 Å². The van der Waals surface area contributed by atoms with E-state index in [1.807, 2.05) is 0 Å². The van der Waals surface area contributed by atoms with Crippen LogP contribution in [0.1, 0.15) is 22.3 Å². The Hall–Kier alpha value is -1.16. The molecule has 2 rings (SSSR count). The van der Waals surface area contributed by atoms with E-state index in [0.717, 1.165) is 17.6 Å². The van der Waals surface area contributed by atoms with Gasteiger partial charge in [0.2, 0.25) is 0 Å². The average molecular weight is 333 g/mol. The average Bonchev–Trinajstić information content (AvgIpc) is 2.43. The SMILES string of the molecule is Cc1ccc(Br)cc1CN(C)Cc1ccc(CN)cc1. The molecule has 0 radical (unpaired) electrons. The van der Waals surface area contributed by atoms with Crippen LogP contribution >= 0.6 is 15.9 Å². The van der Waals surface area contributed by atoms with Gasteiger partial charge in [0.25, 0.3) is 0 Å². The number of nitrogens with two attached hydrogens (primary N) is 1. The van der Waals surface area contributed by atoms with Crippen molar-refractivity contribution >= 4 is 15.9 Å². The van der Waals surface area contributed by atoms with Gasteiger partial charge in [-0.15, -0.1) is 0 Å². The van der Waals surface area contributed by atoms with Crippen LogP contribution in [0.3, 0.4) is 0 Å². The first-order valence-corrected chi connectivity index (χ1v) is 7.59. The fourth-order valence-corrected chi connectivity index (χ4v) is 2.66. The first-order chi connectivity index (χ1) is 9.58. The van der Waals surface area contributed by atoms with Crippen LogP contribution in [-0.4, -0.2) is 11.9 Å².